The molecule has 0 aromatic carbocycles. The number of hydrogen-bond donors (Lipinski definition) is 1. The van der Waals surface area contributed by atoms with Crippen molar-refractivity contribution in [2.45, 2.75) is 12.8 Å². The summed E-state index contributed by atoms with van der Waals surface area (Å²) in [6.07, 6.45) is 2.00. The van der Waals surface area contributed by atoms with E-state index in [4.69, 9.17) is 5.73 Å². The third-order valence-electron chi connectivity index (χ3n) is 2.22. The summed E-state index contributed by atoms with van der Waals surface area (Å²) in [6.45, 7) is 0. The number of aromatic nitrogens is 2. The number of hydrogen-bond acceptors (Lipinski definition) is 3. The minimum atomic E-state index is 0.727. The van der Waals surface area contributed by atoms with Crippen LogP contribution in [0.2, 0.25) is 0 Å². The Labute approximate surface area is 87.2 Å². The summed E-state index contributed by atoms with van der Waals surface area (Å²) in [4.78, 5) is 0. The van der Waals surface area contributed by atoms with Gasteiger partial charge in [0.1, 0.15) is 5.82 Å². The van der Waals surface area contributed by atoms with Gasteiger partial charge in [-0.15, -0.1) is 0 Å². The Balaban J connectivity index is 1.98. The minimum Gasteiger partial charge on any atom is -0.384 e. The Morgan fingerprint density at radius 3 is 2.93 bits per heavy atom. The van der Waals surface area contributed by atoms with E-state index in [1.807, 2.05) is 13.1 Å². The quantitative estimate of drug-likeness (QED) is 0.834. The lowest BCUT2D eigenvalue weighted by Gasteiger charge is -1.93. The topological polar surface area (TPSA) is 43.8 Å². The first-order valence-corrected chi connectivity index (χ1v) is 5.49. The minimum absolute atomic E-state index is 0.727. The van der Waals surface area contributed by atoms with Gasteiger partial charge < -0.3 is 5.73 Å². The fraction of sp³-hybridized carbons (Fsp3) is 0.300. The standard InChI is InChI=1S/C10H13N3S/c1-13-10(11)6-9(12-13)3-2-8-4-5-14-7-8/h4-7H,2-3,11H2,1H3. The van der Waals surface area contributed by atoms with Crippen molar-refractivity contribution in [3.8, 4) is 0 Å². The maximum Gasteiger partial charge on any atom is 0.121 e. The zero-order valence-corrected chi connectivity index (χ0v) is 8.92. The molecule has 0 bridgehead atoms. The van der Waals surface area contributed by atoms with Crippen molar-refractivity contribution in [2.75, 3.05) is 5.73 Å². The molecule has 2 N–H and O–H groups in total. The van der Waals surface area contributed by atoms with Crippen molar-refractivity contribution < 1.29 is 0 Å². The predicted molar refractivity (Wildman–Crippen MR) is 59.3 cm³/mol. The number of aryl methyl sites for hydroxylation is 3. The molecule has 0 spiro atoms. The van der Waals surface area contributed by atoms with E-state index in [1.54, 1.807) is 16.0 Å². The van der Waals surface area contributed by atoms with Crippen LogP contribution in [0.25, 0.3) is 0 Å². The smallest absolute Gasteiger partial charge is 0.121 e. The molecule has 2 rings (SSSR count). The van der Waals surface area contributed by atoms with Crippen LogP contribution in [0.15, 0.2) is 22.9 Å². The molecule has 0 saturated heterocycles. The monoisotopic (exact) mass is 207 g/mol. The van der Waals surface area contributed by atoms with E-state index in [0.29, 0.717) is 0 Å². The van der Waals surface area contributed by atoms with Crippen molar-refractivity contribution in [1.29, 1.82) is 0 Å². The second kappa shape index (κ2) is 3.84. The molecule has 0 radical (unpaired) electrons. The third-order valence-corrected chi connectivity index (χ3v) is 2.95. The Morgan fingerprint density at radius 2 is 2.36 bits per heavy atom. The van der Waals surface area contributed by atoms with Crippen LogP contribution < -0.4 is 5.73 Å². The van der Waals surface area contributed by atoms with Crippen molar-refractivity contribution in [3.63, 3.8) is 0 Å². The first-order valence-electron chi connectivity index (χ1n) is 4.55. The molecule has 74 valence electrons. The first-order chi connectivity index (χ1) is 6.75. The van der Waals surface area contributed by atoms with Gasteiger partial charge in [-0.25, -0.2) is 0 Å². The highest BCUT2D eigenvalue weighted by Crippen LogP contribution is 2.11. The maximum absolute atomic E-state index is 5.69. The average molecular weight is 207 g/mol. The summed E-state index contributed by atoms with van der Waals surface area (Å²) in [5.74, 6) is 0.727. The van der Waals surface area contributed by atoms with Crippen LogP contribution in [0.5, 0.6) is 0 Å². The molecule has 0 atom stereocenters. The second-order valence-corrected chi connectivity index (χ2v) is 4.10. The predicted octanol–water partition coefficient (Wildman–Crippen LogP) is 1.85. The van der Waals surface area contributed by atoms with Crippen LogP contribution in [0.3, 0.4) is 0 Å². The van der Waals surface area contributed by atoms with Crippen LogP contribution in [0.4, 0.5) is 5.82 Å². The Bertz CT molecular complexity index is 383. The number of nitrogen functional groups attached to an aromatic ring is 1. The Morgan fingerprint density at radius 1 is 1.50 bits per heavy atom. The number of anilines is 1. The molecule has 0 unspecified atom stereocenters. The molecule has 3 nitrogen and oxygen atoms in total. The van der Waals surface area contributed by atoms with Gasteiger partial charge in [-0.3, -0.25) is 4.68 Å². The molecule has 2 heterocycles. The molecule has 4 heteroatoms. The van der Waals surface area contributed by atoms with E-state index in [1.165, 1.54) is 5.56 Å². The first kappa shape index (κ1) is 9.27. The van der Waals surface area contributed by atoms with Gasteiger partial charge in [0, 0.05) is 13.1 Å². The lowest BCUT2D eigenvalue weighted by Crippen LogP contribution is -1.97. The van der Waals surface area contributed by atoms with Gasteiger partial charge in [-0.2, -0.15) is 16.4 Å². The molecular formula is C10H13N3S. The highest BCUT2D eigenvalue weighted by Gasteiger charge is 2.02. The summed E-state index contributed by atoms with van der Waals surface area (Å²) < 4.78 is 1.71. The maximum atomic E-state index is 5.69. The number of thiophene rings is 1. The van der Waals surface area contributed by atoms with Gasteiger partial charge in [0.05, 0.1) is 5.69 Å². The summed E-state index contributed by atoms with van der Waals surface area (Å²) in [6, 6.07) is 4.09. The van der Waals surface area contributed by atoms with E-state index >= 15 is 0 Å². The third kappa shape index (κ3) is 1.96. The van der Waals surface area contributed by atoms with Gasteiger partial charge >= 0.3 is 0 Å². The Hall–Kier alpha value is -1.29. The fourth-order valence-corrected chi connectivity index (χ4v) is 2.08. The average Bonchev–Trinajstić information content (AvgIpc) is 2.74. The van der Waals surface area contributed by atoms with Gasteiger partial charge in [0.25, 0.3) is 0 Å². The SMILES string of the molecule is Cn1nc(CCc2ccsc2)cc1N. The van der Waals surface area contributed by atoms with Crippen LogP contribution >= 0.6 is 11.3 Å². The largest absolute Gasteiger partial charge is 0.384 e. The number of nitrogens with two attached hydrogens (primary N) is 1. The van der Waals surface area contributed by atoms with Crippen LogP contribution in [-0.2, 0) is 19.9 Å². The molecule has 2 aromatic rings. The van der Waals surface area contributed by atoms with Crippen molar-refractivity contribution >= 4 is 17.2 Å². The molecule has 0 aliphatic rings. The van der Waals surface area contributed by atoms with E-state index in [9.17, 15) is 0 Å². The number of rotatable bonds is 3. The molecule has 14 heavy (non-hydrogen) atoms. The highest BCUT2D eigenvalue weighted by atomic mass is 32.1. The molecule has 2 aromatic heterocycles. The zero-order valence-electron chi connectivity index (χ0n) is 8.10. The molecular weight excluding hydrogens is 194 g/mol. The second-order valence-electron chi connectivity index (χ2n) is 3.32. The normalized spacial score (nSPS) is 10.6. The van der Waals surface area contributed by atoms with E-state index < -0.39 is 0 Å². The molecule has 0 aliphatic heterocycles. The van der Waals surface area contributed by atoms with Gasteiger partial charge in [0.15, 0.2) is 0 Å². The molecule has 0 amide bonds. The molecule has 0 saturated carbocycles. The summed E-state index contributed by atoms with van der Waals surface area (Å²) >= 11 is 1.73. The van der Waals surface area contributed by atoms with Crippen LogP contribution in [-0.4, -0.2) is 9.78 Å². The molecule has 0 fully saturated rings. The fourth-order valence-electron chi connectivity index (χ4n) is 1.37. The van der Waals surface area contributed by atoms with Gasteiger partial charge in [0.2, 0.25) is 0 Å². The highest BCUT2D eigenvalue weighted by molar-refractivity contribution is 7.07. The summed E-state index contributed by atoms with van der Waals surface area (Å²) in [7, 11) is 1.86. The zero-order chi connectivity index (χ0) is 9.97. The van der Waals surface area contributed by atoms with Crippen LogP contribution in [0.1, 0.15) is 11.3 Å². The van der Waals surface area contributed by atoms with Gasteiger partial charge in [-0.1, -0.05) is 0 Å². The van der Waals surface area contributed by atoms with Crippen LogP contribution in [0, 0.1) is 0 Å². The lowest BCUT2D eigenvalue weighted by molar-refractivity contribution is 0.745. The van der Waals surface area contributed by atoms with Crippen molar-refractivity contribution in [1.82, 2.24) is 9.78 Å². The van der Waals surface area contributed by atoms with Gasteiger partial charge in [-0.05, 0) is 35.2 Å². The van der Waals surface area contributed by atoms with Crippen molar-refractivity contribution in [3.05, 3.63) is 34.2 Å². The lowest BCUT2D eigenvalue weighted by atomic mass is 10.1. The van der Waals surface area contributed by atoms with E-state index in [-0.39, 0.29) is 0 Å². The van der Waals surface area contributed by atoms with E-state index in [2.05, 4.69) is 21.9 Å². The Kier molecular flexibility index (Phi) is 2.54. The number of nitrogens with zero attached hydrogens (tertiary/aromatic N) is 2. The van der Waals surface area contributed by atoms with Crippen molar-refractivity contribution in [2.24, 2.45) is 7.05 Å². The molecule has 0 aliphatic carbocycles. The summed E-state index contributed by atoms with van der Waals surface area (Å²) in [5.41, 5.74) is 8.13. The summed E-state index contributed by atoms with van der Waals surface area (Å²) in [5, 5.41) is 8.58. The van der Waals surface area contributed by atoms with E-state index in [0.717, 1.165) is 24.4 Å².